The van der Waals surface area contributed by atoms with Crippen molar-refractivity contribution in [3.8, 4) is 45.6 Å². The average Bonchev–Trinajstić information content (AvgIpc) is 1.41. The highest BCUT2D eigenvalue weighted by Crippen LogP contribution is 2.60. The zero-order valence-corrected chi connectivity index (χ0v) is 91.0. The molecule has 0 fully saturated rings. The van der Waals surface area contributed by atoms with Crippen LogP contribution in [0, 0.1) is 13.8 Å². The van der Waals surface area contributed by atoms with Crippen molar-refractivity contribution in [2.24, 2.45) is 15.3 Å². The highest BCUT2D eigenvalue weighted by atomic mass is 32.9. The molecule has 0 bridgehead atoms. The van der Waals surface area contributed by atoms with Gasteiger partial charge in [-0.2, -0.15) is 0 Å². The molecule has 0 aliphatic heterocycles. The summed E-state index contributed by atoms with van der Waals surface area (Å²) in [6.07, 6.45) is 8.01. The maximum absolute atomic E-state index is 11.4. The zero-order chi connectivity index (χ0) is 104. The standard InChI is InChI=1S/C18H20O4.C12H15N2O3PS.C12H11NO2.C12H16O2S.C11H15N3O2.C7H13N3O3S.C6H11N2O4PS3.C5H10N2O2S.C5H12NO4PS/c1-2-20-18(19)9-6-14-21-15-10-12-17(13-11-15)22-16-7-4-3-5-8-16;1-3-15-18(19,16-4-2)17-12-9-13-10-7-5-6-8-11(10)14-12;1-13-12(14)15-11-8-4-6-9-5-2-3-7-10(9)11;1-5-11(13)14-10-6-8(2)12(15-4)9(3)7-10;1-12-11(15)16-10-6-4-5-9(7-10)13-8-14(2)3;1-8-7(12)13-9-5(14-4)6(11)10(2)3;1-10-5-7-8(6(9)16-5)4-15-13(14,11-2)12-3;1-4(10-3)7-9-5(8)6-2;1-6-5(7)4-12-11(8,9-2)10-3/h3-5,7-8,10-13H,2,6,9,14H2,1H3;5-9H,3-4H2,1-2H3;2-8H,1H3,(H,13,14);6-7H,5H2,1-4H3;4-8H,1-3H3,(H,12,15);1-4H3,(H,8,12);4H2,1-3H3;1-3H3,(H,6,8);4H2,1-3H3,(H,6,7)/b;;;;;9-5-;;7-4+;. The van der Waals surface area contributed by atoms with Gasteiger partial charge in [0.1, 0.15) is 45.4 Å². The number of carbonyl (C=O) groups excluding carboxylic acids is 8. The number of aromatic nitrogens is 4. The number of amides is 6. The summed E-state index contributed by atoms with van der Waals surface area (Å²) in [4.78, 5) is 125. The van der Waals surface area contributed by atoms with Crippen molar-refractivity contribution in [1.29, 1.82) is 0 Å². The van der Waals surface area contributed by atoms with Gasteiger partial charge in [0, 0.05) is 133 Å². The molecular formula is C88H123N14O26P3S8. The smallest absolute Gasteiger partial charge is 0.433 e. The number of thioether (sulfide) groups is 3. The molecule has 9 aromatic rings. The Kier molecular flexibility index (Phi) is 66.2. The van der Waals surface area contributed by atoms with E-state index in [2.05, 4.69) is 75.7 Å². The first-order valence-electron chi connectivity index (χ1n) is 41.4. The molecule has 9 rings (SSSR count). The number of ether oxygens (including phenoxy) is 7. The van der Waals surface area contributed by atoms with Gasteiger partial charge in [0.05, 0.1) is 68.5 Å². The minimum Gasteiger partial charge on any atom is -0.494 e. The number of methoxy groups -OCH3 is 1. The maximum Gasteiger partial charge on any atom is 0.433 e. The molecule has 6 amide bonds. The Morgan fingerprint density at radius 1 is 0.590 bits per heavy atom. The molecule has 40 nitrogen and oxygen atoms in total. The Labute approximate surface area is 845 Å². The van der Waals surface area contributed by atoms with Gasteiger partial charge < -0.3 is 92.2 Å². The number of aryl methyl sites for hydroxylation is 2. The van der Waals surface area contributed by atoms with E-state index in [1.165, 1.54) is 115 Å². The molecule has 2 heterocycles. The van der Waals surface area contributed by atoms with Crippen LogP contribution in [0.1, 0.15) is 65.0 Å². The molecule has 0 aliphatic rings. The molecular weight excluding hydrogens is 2020 g/mol. The van der Waals surface area contributed by atoms with Crippen molar-refractivity contribution in [3.63, 3.8) is 0 Å². The van der Waals surface area contributed by atoms with E-state index in [1.54, 1.807) is 83.5 Å². The second kappa shape index (κ2) is 72.7. The number of nitrogens with one attached hydrogen (secondary N) is 5. The molecule has 0 spiro atoms. The summed E-state index contributed by atoms with van der Waals surface area (Å²) in [6.45, 7) is 8.97. The fourth-order valence-electron chi connectivity index (χ4n) is 9.09. The van der Waals surface area contributed by atoms with E-state index in [9.17, 15) is 47.7 Å². The van der Waals surface area contributed by atoms with Crippen LogP contribution in [0.2, 0.25) is 0 Å². The minimum absolute atomic E-state index is 0.0649. The van der Waals surface area contributed by atoms with Gasteiger partial charge in [-0.25, -0.2) is 43.4 Å². The van der Waals surface area contributed by atoms with E-state index in [4.69, 9.17) is 79.4 Å². The predicted molar refractivity (Wildman–Crippen MR) is 562 cm³/mol. The maximum atomic E-state index is 11.4. The van der Waals surface area contributed by atoms with Gasteiger partial charge in [-0.1, -0.05) is 90.0 Å². The lowest BCUT2D eigenvalue weighted by Crippen LogP contribution is -2.28. The Morgan fingerprint density at radius 3 is 1.68 bits per heavy atom. The monoisotopic (exact) mass is 2140 g/mol. The van der Waals surface area contributed by atoms with Crippen molar-refractivity contribution < 1.29 is 117 Å². The van der Waals surface area contributed by atoms with Crippen LogP contribution in [0.25, 0.3) is 21.8 Å². The molecule has 0 unspecified atom stereocenters. The summed E-state index contributed by atoms with van der Waals surface area (Å²) in [5.41, 5.74) is 2.23. The highest BCUT2D eigenvalue weighted by molar-refractivity contribution is 8.67. The van der Waals surface area contributed by atoms with Gasteiger partial charge in [-0.05, 0) is 208 Å². The van der Waals surface area contributed by atoms with Gasteiger partial charge >= 0.3 is 54.7 Å². The number of fused-ring (bicyclic) bond motifs is 2. The quantitative estimate of drug-likeness (QED) is 0.00288. The third-order valence-electron chi connectivity index (χ3n) is 15.7. The number of esters is 2. The Hall–Kier alpha value is -10.5. The molecule has 7 aromatic carbocycles. The first kappa shape index (κ1) is 127. The minimum atomic E-state index is -3.09. The first-order chi connectivity index (χ1) is 66.3. The molecule has 0 saturated carbocycles. The number of rotatable bonds is 34. The van der Waals surface area contributed by atoms with Crippen molar-refractivity contribution in [1.82, 2.24) is 56.1 Å². The fourth-order valence-corrected chi connectivity index (χ4v) is 17.9. The van der Waals surface area contributed by atoms with Crippen molar-refractivity contribution in [2.45, 2.75) is 78.5 Å². The molecule has 0 aliphatic carbocycles. The van der Waals surface area contributed by atoms with E-state index >= 15 is 0 Å². The summed E-state index contributed by atoms with van der Waals surface area (Å²) in [7, 11) is 21.4. The molecule has 5 N–H and O–H groups in total. The van der Waals surface area contributed by atoms with Crippen LogP contribution in [0.3, 0.4) is 0 Å². The van der Waals surface area contributed by atoms with E-state index in [1.807, 2.05) is 193 Å². The van der Waals surface area contributed by atoms with Gasteiger partial charge in [0.15, 0.2) is 0 Å². The van der Waals surface area contributed by atoms with Crippen molar-refractivity contribution >= 4 is 204 Å². The molecule has 0 atom stereocenters. The fraction of sp³-hybridized carbons (Fsp3) is 0.375. The number of para-hydroxylation sites is 3. The molecule has 2 aromatic heterocycles. The number of hydrogen-bond acceptors (Lipinski definition) is 40. The second-order valence-electron chi connectivity index (χ2n) is 26.1. The first-order valence-corrected chi connectivity index (χ1v) is 55.8. The Bertz CT molecular complexity index is 5490. The lowest BCUT2D eigenvalue weighted by atomic mass is 10.1. The van der Waals surface area contributed by atoms with Crippen LogP contribution in [-0.4, -0.2) is 244 Å². The third-order valence-corrected chi connectivity index (χ3v) is 30.7. The summed E-state index contributed by atoms with van der Waals surface area (Å²) < 4.78 is 84.6. The lowest BCUT2D eigenvalue weighted by molar-refractivity contribution is -0.143. The van der Waals surface area contributed by atoms with E-state index < -0.39 is 43.6 Å². The highest BCUT2D eigenvalue weighted by Gasteiger charge is 2.25. The Balaban J connectivity index is 0.000000788. The van der Waals surface area contributed by atoms with Crippen LogP contribution >= 0.6 is 88.6 Å². The van der Waals surface area contributed by atoms with Gasteiger partial charge in [0.2, 0.25) is 22.5 Å². The SMILES string of the molecule is CCC(=O)Oc1cc(C)c(SC)c(C)c1.CCOC(=O)CCCOc1ccc(Oc2ccccc2)cc1.CCOP(=S)(OCC)Oc1cnc2ccccc2n1.CNC(=O)CSP(=O)(OC)OC.CNC(=O)O/N=C(\C)SC.CNC(=O)O/N=C(\SC)C(=O)N(C)C.CNC(=O)Oc1cccc(N=CN(C)C)c1.CNC(=O)Oc1cccc2ccccc12.COc1nn(CSP(=S)(OC)OC)c(=O)s1. The van der Waals surface area contributed by atoms with Crippen LogP contribution in [0.15, 0.2) is 189 Å². The normalized spacial score (nSPS) is 10.7. The number of oxime groups is 2. The number of nitrogens with zero attached hydrogens (tertiary/aromatic N) is 9. The number of carbonyl (C=O) groups is 8. The summed E-state index contributed by atoms with van der Waals surface area (Å²) in [6, 6.07) is 48.8. The lowest BCUT2D eigenvalue weighted by Gasteiger charge is -2.20. The van der Waals surface area contributed by atoms with Crippen LogP contribution in [0.4, 0.5) is 24.9 Å². The molecule has 139 heavy (non-hydrogen) atoms. The van der Waals surface area contributed by atoms with Crippen LogP contribution < -0.4 is 64.4 Å². The van der Waals surface area contributed by atoms with Gasteiger partial charge in [0.25, 0.3) is 11.1 Å². The topological polar surface area (TPSA) is 466 Å². The van der Waals surface area contributed by atoms with Gasteiger partial charge in [-0.15, -0.1) is 40.4 Å². The van der Waals surface area contributed by atoms with Crippen molar-refractivity contribution in [2.75, 3.05) is 150 Å². The van der Waals surface area contributed by atoms with Crippen LogP contribution in [0.5, 0.6) is 45.6 Å². The van der Waals surface area contributed by atoms with E-state index in [0.717, 1.165) is 90.3 Å². The second-order valence-corrected chi connectivity index (χ2v) is 43.4. The van der Waals surface area contributed by atoms with Gasteiger partial charge in [-0.3, -0.25) is 42.7 Å². The Morgan fingerprint density at radius 2 is 1.14 bits per heavy atom. The van der Waals surface area contributed by atoms with E-state index in [-0.39, 0.29) is 45.3 Å². The summed E-state index contributed by atoms with van der Waals surface area (Å²) in [5, 5.41) is 25.6. The third kappa shape index (κ3) is 54.2. The molecule has 51 heteroatoms. The zero-order valence-electron chi connectivity index (χ0n) is 81.8. The summed E-state index contributed by atoms with van der Waals surface area (Å²) in [5.74, 6) is 3.78. The van der Waals surface area contributed by atoms with Crippen LogP contribution in [-0.2, 0) is 94.8 Å². The summed E-state index contributed by atoms with van der Waals surface area (Å²) >= 11 is 17.7. The predicted octanol–water partition coefficient (Wildman–Crippen LogP) is 18.6. The van der Waals surface area contributed by atoms with Crippen molar-refractivity contribution in [3.05, 3.63) is 185 Å². The average molecular weight is 2140 g/mol. The largest absolute Gasteiger partial charge is 0.494 e. The molecule has 0 saturated heterocycles. The number of aliphatic imine (C=N–C) groups is 1. The number of hydrogen-bond donors (Lipinski definition) is 5. The number of benzene rings is 7. The molecule has 0 radical (unpaired) electrons. The molecule has 764 valence electrons. The van der Waals surface area contributed by atoms with E-state index in [0.29, 0.717) is 79.1 Å².